The highest BCUT2D eigenvalue weighted by Gasteiger charge is 2.32. The maximum atomic E-state index is 12.8. The fourth-order valence-corrected chi connectivity index (χ4v) is 3.24. The number of rotatable bonds is 5. The average Bonchev–Trinajstić information content (AvgIpc) is 2.79. The summed E-state index contributed by atoms with van der Waals surface area (Å²) in [5, 5.41) is 0.135. The first-order chi connectivity index (χ1) is 10.8. The van der Waals surface area contributed by atoms with Crippen molar-refractivity contribution in [2.75, 3.05) is 18.6 Å². The second-order valence-corrected chi connectivity index (χ2v) is 6.19. The van der Waals surface area contributed by atoms with Crippen molar-refractivity contribution >= 4 is 17.3 Å². The molecular weight excluding hydrogens is 325 g/mol. The van der Waals surface area contributed by atoms with Crippen LogP contribution in [0, 0.1) is 0 Å². The molecule has 0 N–H and O–H groups in total. The molecule has 1 aromatic carbocycles. The Morgan fingerprint density at radius 3 is 2.39 bits per heavy atom. The number of allylic oxidation sites excluding steroid dienone is 2. The maximum absolute atomic E-state index is 12.8. The van der Waals surface area contributed by atoms with Crippen LogP contribution >= 0.6 is 11.6 Å². The Balaban J connectivity index is 2.36. The van der Waals surface area contributed by atoms with Crippen LogP contribution in [0.3, 0.4) is 0 Å². The molecule has 2 nitrogen and oxygen atoms in total. The normalized spacial score (nSPS) is 15.8. The molecule has 0 amide bonds. The molecule has 0 saturated heterocycles. The highest BCUT2D eigenvalue weighted by Crippen LogP contribution is 2.39. The molecule has 0 saturated carbocycles. The van der Waals surface area contributed by atoms with Crippen molar-refractivity contribution in [3.05, 3.63) is 40.2 Å². The number of alkyl halides is 3. The van der Waals surface area contributed by atoms with Crippen molar-refractivity contribution in [3.63, 3.8) is 0 Å². The van der Waals surface area contributed by atoms with Gasteiger partial charge in [0.15, 0.2) is 0 Å². The van der Waals surface area contributed by atoms with Gasteiger partial charge in [-0.15, -0.1) is 0 Å². The Morgan fingerprint density at radius 1 is 1.17 bits per heavy atom. The topological polar surface area (TPSA) is 6.48 Å². The van der Waals surface area contributed by atoms with Crippen LogP contribution in [-0.4, -0.2) is 18.6 Å². The standard InChI is InChI=1S/C17H22ClF3N2/c1-4-6-7-16-14(5-2)23(11-22(16)3)15-9-8-12(10-13(15)18)17(19,20)21/h8-10H,4-7,11H2,1-3H3. The summed E-state index contributed by atoms with van der Waals surface area (Å²) in [6.07, 6.45) is -0.377. The van der Waals surface area contributed by atoms with Crippen LogP contribution in [-0.2, 0) is 6.18 Å². The van der Waals surface area contributed by atoms with E-state index in [2.05, 4.69) is 18.7 Å². The molecule has 128 valence electrons. The first-order valence-corrected chi connectivity index (χ1v) is 8.24. The van der Waals surface area contributed by atoms with Crippen molar-refractivity contribution in [3.8, 4) is 0 Å². The predicted octanol–water partition coefficient (Wildman–Crippen LogP) is 5.88. The zero-order valence-corrected chi connectivity index (χ0v) is 14.4. The molecule has 1 aliphatic rings. The van der Waals surface area contributed by atoms with Gasteiger partial charge >= 0.3 is 6.18 Å². The molecule has 2 rings (SSSR count). The molecule has 0 unspecified atom stereocenters. The second-order valence-electron chi connectivity index (χ2n) is 5.78. The zero-order valence-electron chi connectivity index (χ0n) is 13.7. The minimum atomic E-state index is -4.38. The van der Waals surface area contributed by atoms with Gasteiger partial charge < -0.3 is 9.80 Å². The SMILES string of the molecule is CCCCC1=C(CC)N(c2ccc(C(F)(F)F)cc2Cl)CN1C. The zero-order chi connectivity index (χ0) is 17.2. The quantitative estimate of drug-likeness (QED) is 0.656. The summed E-state index contributed by atoms with van der Waals surface area (Å²) < 4.78 is 38.4. The Hall–Kier alpha value is -1.36. The Morgan fingerprint density at radius 2 is 1.87 bits per heavy atom. The Kier molecular flexibility index (Phi) is 5.50. The molecule has 0 spiro atoms. The molecule has 0 atom stereocenters. The van der Waals surface area contributed by atoms with Crippen molar-refractivity contribution in [2.24, 2.45) is 0 Å². The first kappa shape index (κ1) is 18.0. The van der Waals surface area contributed by atoms with Crippen LogP contribution in [0.2, 0.25) is 5.02 Å². The van der Waals surface area contributed by atoms with Crippen LogP contribution in [0.25, 0.3) is 0 Å². The molecule has 0 radical (unpaired) electrons. The molecule has 1 aromatic rings. The van der Waals surface area contributed by atoms with E-state index < -0.39 is 11.7 Å². The lowest BCUT2D eigenvalue weighted by atomic mass is 10.1. The van der Waals surface area contributed by atoms with Gasteiger partial charge in [0.1, 0.15) is 0 Å². The molecular formula is C17H22ClF3N2. The molecule has 6 heteroatoms. The van der Waals surface area contributed by atoms with E-state index in [9.17, 15) is 13.2 Å². The minimum Gasteiger partial charge on any atom is -0.358 e. The third-order valence-electron chi connectivity index (χ3n) is 4.14. The highest BCUT2D eigenvalue weighted by atomic mass is 35.5. The largest absolute Gasteiger partial charge is 0.416 e. The van der Waals surface area contributed by atoms with Crippen LogP contribution in [0.15, 0.2) is 29.6 Å². The molecule has 0 fully saturated rings. The van der Waals surface area contributed by atoms with Crippen LogP contribution in [0.1, 0.15) is 45.1 Å². The Labute approximate surface area is 140 Å². The summed E-state index contributed by atoms with van der Waals surface area (Å²) in [6, 6.07) is 3.57. The lowest BCUT2D eigenvalue weighted by Gasteiger charge is -2.24. The predicted molar refractivity (Wildman–Crippen MR) is 88.4 cm³/mol. The van der Waals surface area contributed by atoms with Gasteiger partial charge in [0, 0.05) is 18.4 Å². The first-order valence-electron chi connectivity index (χ1n) is 7.87. The van der Waals surface area contributed by atoms with E-state index in [4.69, 9.17) is 11.6 Å². The number of halogens is 4. The van der Waals surface area contributed by atoms with Crippen LogP contribution in [0.4, 0.5) is 18.9 Å². The van der Waals surface area contributed by atoms with Gasteiger partial charge in [-0.05, 0) is 37.5 Å². The molecule has 0 aliphatic carbocycles. The number of hydrogen-bond acceptors (Lipinski definition) is 2. The average molecular weight is 347 g/mol. The lowest BCUT2D eigenvalue weighted by molar-refractivity contribution is -0.137. The Bertz CT molecular complexity index is 596. The van der Waals surface area contributed by atoms with Gasteiger partial charge in [0.2, 0.25) is 0 Å². The van der Waals surface area contributed by atoms with Crippen molar-refractivity contribution < 1.29 is 13.2 Å². The number of anilines is 1. The summed E-state index contributed by atoms with van der Waals surface area (Å²) >= 11 is 6.15. The smallest absolute Gasteiger partial charge is 0.358 e. The molecule has 1 aliphatic heterocycles. The summed E-state index contributed by atoms with van der Waals surface area (Å²) in [4.78, 5) is 4.18. The van der Waals surface area contributed by atoms with Crippen molar-refractivity contribution in [1.82, 2.24) is 4.90 Å². The minimum absolute atomic E-state index is 0.135. The summed E-state index contributed by atoms with van der Waals surface area (Å²) in [6.45, 7) is 4.82. The third-order valence-corrected chi connectivity index (χ3v) is 4.44. The van der Waals surface area contributed by atoms with Crippen molar-refractivity contribution in [1.29, 1.82) is 0 Å². The summed E-state index contributed by atoms with van der Waals surface area (Å²) in [7, 11) is 2.01. The number of nitrogens with zero attached hydrogens (tertiary/aromatic N) is 2. The molecule has 1 heterocycles. The van der Waals surface area contributed by atoms with Gasteiger partial charge in [0.05, 0.1) is 22.9 Å². The van der Waals surface area contributed by atoms with E-state index in [-0.39, 0.29) is 5.02 Å². The molecule has 0 aromatic heterocycles. The van der Waals surface area contributed by atoms with E-state index >= 15 is 0 Å². The van der Waals surface area contributed by atoms with E-state index in [1.54, 1.807) is 0 Å². The van der Waals surface area contributed by atoms with Gasteiger partial charge in [0.25, 0.3) is 0 Å². The van der Waals surface area contributed by atoms with Crippen LogP contribution in [0.5, 0.6) is 0 Å². The van der Waals surface area contributed by atoms with Gasteiger partial charge in [-0.25, -0.2) is 0 Å². The fourth-order valence-electron chi connectivity index (χ4n) is 2.96. The van der Waals surface area contributed by atoms with Gasteiger partial charge in [-0.1, -0.05) is 31.9 Å². The second kappa shape index (κ2) is 7.04. The number of hydrogen-bond donors (Lipinski definition) is 0. The van der Waals surface area contributed by atoms with Crippen LogP contribution < -0.4 is 4.90 Å². The van der Waals surface area contributed by atoms with Gasteiger partial charge in [-0.3, -0.25) is 0 Å². The van der Waals surface area contributed by atoms with E-state index in [1.165, 1.54) is 11.8 Å². The lowest BCUT2D eigenvalue weighted by Crippen LogP contribution is -2.25. The summed E-state index contributed by atoms with van der Waals surface area (Å²) in [5.41, 5.74) is 2.31. The maximum Gasteiger partial charge on any atom is 0.416 e. The molecule has 23 heavy (non-hydrogen) atoms. The third kappa shape index (κ3) is 3.77. The van der Waals surface area contributed by atoms with Gasteiger partial charge in [-0.2, -0.15) is 13.2 Å². The number of benzene rings is 1. The number of unbranched alkanes of at least 4 members (excludes halogenated alkanes) is 1. The van der Waals surface area contributed by atoms with E-state index in [0.717, 1.165) is 43.5 Å². The van der Waals surface area contributed by atoms with Crippen molar-refractivity contribution in [2.45, 2.75) is 45.7 Å². The molecule has 0 bridgehead atoms. The monoisotopic (exact) mass is 346 g/mol. The fraction of sp³-hybridized carbons (Fsp3) is 0.529. The highest BCUT2D eigenvalue weighted by molar-refractivity contribution is 6.33. The van der Waals surface area contributed by atoms with E-state index in [1.807, 2.05) is 11.9 Å². The van der Waals surface area contributed by atoms with E-state index in [0.29, 0.717) is 12.4 Å². The summed E-state index contributed by atoms with van der Waals surface area (Å²) in [5.74, 6) is 0.